The van der Waals surface area contributed by atoms with Crippen molar-refractivity contribution in [2.45, 2.75) is 18.8 Å². The first-order valence-electron chi connectivity index (χ1n) is 7.21. The number of benzene rings is 1. The second-order valence-electron chi connectivity index (χ2n) is 5.22. The van der Waals surface area contributed by atoms with Gasteiger partial charge in [-0.05, 0) is 37.1 Å². The Morgan fingerprint density at radius 3 is 2.55 bits per heavy atom. The van der Waals surface area contributed by atoms with Gasteiger partial charge in [-0.2, -0.15) is 4.98 Å². The summed E-state index contributed by atoms with van der Waals surface area (Å²) in [6, 6.07) is 9.06. The molecule has 0 saturated heterocycles. The topological polar surface area (TPSA) is 76.1 Å². The van der Waals surface area contributed by atoms with Gasteiger partial charge in [0.1, 0.15) is 5.82 Å². The Morgan fingerprint density at radius 1 is 1.23 bits per heavy atom. The van der Waals surface area contributed by atoms with Gasteiger partial charge in [0.2, 0.25) is 5.95 Å². The number of carbonyl (C=O) groups excluding carboxylic acids is 1. The molecule has 0 aliphatic heterocycles. The van der Waals surface area contributed by atoms with Gasteiger partial charge in [-0.3, -0.25) is 0 Å². The molecular weight excluding hydrogens is 280 g/mol. The quantitative estimate of drug-likeness (QED) is 0.827. The molecule has 22 heavy (non-hydrogen) atoms. The fourth-order valence-corrected chi connectivity index (χ4v) is 2.19. The van der Waals surface area contributed by atoms with Gasteiger partial charge in [0.05, 0.1) is 18.4 Å². The van der Waals surface area contributed by atoms with Crippen molar-refractivity contribution in [3.8, 4) is 0 Å². The van der Waals surface area contributed by atoms with Crippen molar-refractivity contribution in [2.24, 2.45) is 0 Å². The number of nitrogens with one attached hydrogen (secondary N) is 2. The van der Waals surface area contributed by atoms with Crippen molar-refractivity contribution in [1.82, 2.24) is 9.97 Å². The van der Waals surface area contributed by atoms with Gasteiger partial charge in [0, 0.05) is 24.7 Å². The van der Waals surface area contributed by atoms with Gasteiger partial charge in [-0.15, -0.1) is 0 Å². The molecule has 2 N–H and O–H groups in total. The first kappa shape index (κ1) is 14.3. The van der Waals surface area contributed by atoms with Crippen molar-refractivity contribution in [3.63, 3.8) is 0 Å². The van der Waals surface area contributed by atoms with Gasteiger partial charge in [0.25, 0.3) is 0 Å². The fraction of sp³-hybridized carbons (Fsp3) is 0.312. The van der Waals surface area contributed by atoms with Crippen LogP contribution in [-0.2, 0) is 4.74 Å². The lowest BCUT2D eigenvalue weighted by atomic mass is 10.2. The smallest absolute Gasteiger partial charge is 0.337 e. The van der Waals surface area contributed by atoms with E-state index in [-0.39, 0.29) is 5.97 Å². The molecular formula is C16H18N4O2. The summed E-state index contributed by atoms with van der Waals surface area (Å²) in [4.78, 5) is 20.3. The maximum absolute atomic E-state index is 11.4. The highest BCUT2D eigenvalue weighted by molar-refractivity contribution is 5.89. The average Bonchev–Trinajstić information content (AvgIpc) is 3.39. The Kier molecular flexibility index (Phi) is 3.91. The molecule has 1 fully saturated rings. The highest BCUT2D eigenvalue weighted by Gasteiger charge is 2.26. The van der Waals surface area contributed by atoms with Crippen LogP contribution in [-0.4, -0.2) is 30.1 Å². The van der Waals surface area contributed by atoms with E-state index in [9.17, 15) is 4.79 Å². The molecule has 1 aliphatic carbocycles. The number of esters is 1. The Balaban J connectivity index is 1.80. The zero-order valence-electron chi connectivity index (χ0n) is 12.6. The minimum Gasteiger partial charge on any atom is -0.465 e. The molecule has 3 rings (SSSR count). The second-order valence-corrected chi connectivity index (χ2v) is 5.22. The van der Waals surface area contributed by atoms with Crippen LogP contribution in [0.3, 0.4) is 0 Å². The first-order chi connectivity index (χ1) is 10.7. The zero-order valence-corrected chi connectivity index (χ0v) is 12.6. The molecule has 0 spiro atoms. The predicted molar refractivity (Wildman–Crippen MR) is 84.6 cm³/mol. The highest BCUT2D eigenvalue weighted by Crippen LogP contribution is 2.40. The number of anilines is 3. The van der Waals surface area contributed by atoms with E-state index < -0.39 is 0 Å². The van der Waals surface area contributed by atoms with E-state index in [1.165, 1.54) is 20.0 Å². The number of aromatic nitrogens is 2. The van der Waals surface area contributed by atoms with E-state index in [1.54, 1.807) is 19.2 Å². The molecule has 0 bridgehead atoms. The van der Waals surface area contributed by atoms with Crippen LogP contribution in [0.5, 0.6) is 0 Å². The maximum Gasteiger partial charge on any atom is 0.337 e. The van der Waals surface area contributed by atoms with Crippen LogP contribution >= 0.6 is 0 Å². The molecule has 1 aromatic heterocycles. The van der Waals surface area contributed by atoms with Crippen LogP contribution in [0.1, 0.15) is 34.8 Å². The third-order valence-corrected chi connectivity index (χ3v) is 3.54. The Labute approximate surface area is 128 Å². The Bertz CT molecular complexity index is 681. The average molecular weight is 298 g/mol. The molecule has 0 unspecified atom stereocenters. The first-order valence-corrected chi connectivity index (χ1v) is 7.21. The number of hydrogen-bond acceptors (Lipinski definition) is 6. The molecule has 2 aromatic rings. The molecule has 6 heteroatoms. The number of nitrogens with zero attached hydrogens (tertiary/aromatic N) is 2. The Hall–Kier alpha value is -2.63. The molecule has 1 saturated carbocycles. The van der Waals surface area contributed by atoms with Gasteiger partial charge in [0.15, 0.2) is 0 Å². The summed E-state index contributed by atoms with van der Waals surface area (Å²) in [6.07, 6.45) is 2.38. The van der Waals surface area contributed by atoms with Crippen LogP contribution in [0, 0.1) is 0 Å². The summed E-state index contributed by atoms with van der Waals surface area (Å²) in [6.45, 7) is 0. The minimum atomic E-state index is -0.345. The summed E-state index contributed by atoms with van der Waals surface area (Å²) in [5.74, 6) is 1.56. The van der Waals surface area contributed by atoms with Gasteiger partial charge >= 0.3 is 5.97 Å². The van der Waals surface area contributed by atoms with E-state index in [0.717, 1.165) is 17.2 Å². The van der Waals surface area contributed by atoms with Gasteiger partial charge in [-0.25, -0.2) is 9.78 Å². The summed E-state index contributed by atoms with van der Waals surface area (Å²) < 4.78 is 4.69. The summed E-state index contributed by atoms with van der Waals surface area (Å²) in [7, 11) is 3.18. The summed E-state index contributed by atoms with van der Waals surface area (Å²) in [5, 5.41) is 6.23. The standard InChI is InChI=1S/C16H18N4O2/c1-17-16-19-13(10-3-4-10)9-14(20-16)18-12-7-5-11(6-8-12)15(21)22-2/h5-10H,3-4H2,1-2H3,(H2,17,18,19,20). The third kappa shape index (κ3) is 3.16. The van der Waals surface area contributed by atoms with Crippen LogP contribution in [0.4, 0.5) is 17.5 Å². The van der Waals surface area contributed by atoms with Crippen molar-refractivity contribution in [2.75, 3.05) is 24.8 Å². The SMILES string of the molecule is CNc1nc(Nc2ccc(C(=O)OC)cc2)cc(C2CC2)n1. The normalized spacial score (nSPS) is 13.5. The largest absolute Gasteiger partial charge is 0.465 e. The molecule has 114 valence electrons. The van der Waals surface area contributed by atoms with E-state index in [4.69, 9.17) is 0 Å². The molecule has 1 aliphatic rings. The second kappa shape index (κ2) is 6.01. The van der Waals surface area contributed by atoms with Crippen molar-refractivity contribution >= 4 is 23.4 Å². The van der Waals surface area contributed by atoms with Crippen molar-refractivity contribution in [1.29, 1.82) is 0 Å². The molecule has 6 nitrogen and oxygen atoms in total. The third-order valence-electron chi connectivity index (χ3n) is 3.54. The molecule has 0 amide bonds. The van der Waals surface area contributed by atoms with E-state index in [2.05, 4.69) is 25.3 Å². The lowest BCUT2D eigenvalue weighted by Gasteiger charge is -2.10. The number of ether oxygens (including phenoxy) is 1. The summed E-state index contributed by atoms with van der Waals surface area (Å²) in [5.41, 5.74) is 2.44. The minimum absolute atomic E-state index is 0.345. The maximum atomic E-state index is 11.4. The van der Waals surface area contributed by atoms with Gasteiger partial charge in [-0.1, -0.05) is 0 Å². The number of methoxy groups -OCH3 is 1. The van der Waals surface area contributed by atoms with Crippen molar-refractivity contribution < 1.29 is 9.53 Å². The van der Waals surface area contributed by atoms with Gasteiger partial charge < -0.3 is 15.4 Å². The monoisotopic (exact) mass is 298 g/mol. The summed E-state index contributed by atoms with van der Waals surface area (Å²) >= 11 is 0. The molecule has 0 atom stereocenters. The van der Waals surface area contributed by atoms with Crippen LogP contribution in [0.25, 0.3) is 0 Å². The van der Waals surface area contributed by atoms with E-state index in [0.29, 0.717) is 17.4 Å². The van der Waals surface area contributed by atoms with Crippen molar-refractivity contribution in [3.05, 3.63) is 41.6 Å². The highest BCUT2D eigenvalue weighted by atomic mass is 16.5. The fourth-order valence-electron chi connectivity index (χ4n) is 2.19. The molecule has 1 aromatic carbocycles. The van der Waals surface area contributed by atoms with E-state index >= 15 is 0 Å². The molecule has 1 heterocycles. The predicted octanol–water partition coefficient (Wildman–Crippen LogP) is 2.93. The number of hydrogen-bond donors (Lipinski definition) is 2. The lowest BCUT2D eigenvalue weighted by molar-refractivity contribution is 0.0601. The Morgan fingerprint density at radius 2 is 1.95 bits per heavy atom. The van der Waals surface area contributed by atoms with Crippen LogP contribution in [0.15, 0.2) is 30.3 Å². The number of carbonyl (C=O) groups is 1. The zero-order chi connectivity index (χ0) is 15.5. The van der Waals surface area contributed by atoms with E-state index in [1.807, 2.05) is 18.2 Å². The number of rotatable bonds is 5. The van der Waals surface area contributed by atoms with Crippen LogP contribution in [0.2, 0.25) is 0 Å². The van der Waals surface area contributed by atoms with Crippen LogP contribution < -0.4 is 10.6 Å². The molecule has 0 radical (unpaired) electrons. The lowest BCUT2D eigenvalue weighted by Crippen LogP contribution is -2.04.